The third kappa shape index (κ3) is 3.63. The number of nitrogens with one attached hydrogen (secondary N) is 1. The van der Waals surface area contributed by atoms with Crippen molar-refractivity contribution in [3.8, 4) is 22.3 Å². The topological polar surface area (TPSA) is 12.0 Å². The molecule has 0 aliphatic rings. The first kappa shape index (κ1) is 7.53. The summed E-state index contributed by atoms with van der Waals surface area (Å²) in [6.07, 6.45) is 0. The van der Waals surface area contributed by atoms with Gasteiger partial charge in [0.1, 0.15) is 0 Å². The molecule has 0 aliphatic heterocycles. The van der Waals surface area contributed by atoms with Gasteiger partial charge in [0, 0.05) is 11.4 Å². The van der Waals surface area contributed by atoms with Gasteiger partial charge in [-0.15, -0.1) is 0 Å². The second-order valence-electron chi connectivity index (χ2n) is 6.03. The van der Waals surface area contributed by atoms with Gasteiger partial charge in [0.05, 0.1) is 20.6 Å². The highest BCUT2D eigenvalue weighted by Crippen LogP contribution is 2.30. The smallest absolute Gasteiger partial charge is 0.0645 e. The molecule has 29 heavy (non-hydrogen) atoms. The van der Waals surface area contributed by atoms with Gasteiger partial charge in [0.25, 0.3) is 0 Å². The fourth-order valence-corrected chi connectivity index (χ4v) is 2.83. The molecule has 0 saturated heterocycles. The molecule has 0 atom stereocenters. The normalized spacial score (nSPS) is 18.0. The molecule has 0 aromatic heterocycles. The fourth-order valence-electron chi connectivity index (χ4n) is 2.83. The van der Waals surface area contributed by atoms with Crippen LogP contribution in [0.25, 0.3) is 33.0 Å². The first-order chi connectivity index (χ1) is 20.6. The van der Waals surface area contributed by atoms with Crippen LogP contribution in [0.15, 0.2) is 121 Å². The molecule has 138 valence electrons. The Labute approximate surface area is 192 Å². The largest absolute Gasteiger partial charge is 0.356 e. The molecule has 1 N–H and O–H groups in total. The van der Waals surface area contributed by atoms with Crippen molar-refractivity contribution in [2.45, 2.75) is 0 Å². The third-order valence-electron chi connectivity index (χ3n) is 4.21. The average molecular weight is 387 g/mol. The maximum absolute atomic E-state index is 8.54. The molecule has 5 aromatic rings. The van der Waals surface area contributed by atoms with Crippen LogP contribution in [-0.2, 0) is 0 Å². The Balaban J connectivity index is 1.61. The molecule has 0 amide bonds. The van der Waals surface area contributed by atoms with Gasteiger partial charge in [-0.05, 0) is 57.2 Å². The van der Waals surface area contributed by atoms with Gasteiger partial charge in [-0.3, -0.25) is 0 Å². The van der Waals surface area contributed by atoms with E-state index in [4.69, 9.17) is 20.6 Å². The standard InChI is InChI=1S/C28H21N/c1-2-7-21(8-3-1)22-13-17-25(18-14-22)29-26-19-15-24(16-20-26)28-12-6-10-23-9-4-5-11-27(23)28/h1-20,29H/i1D,2D,3D,4D,5D,6D,7D,8D,9D,10D,12D,13D,14D,17D,18D. The van der Waals surface area contributed by atoms with Crippen LogP contribution in [0.5, 0.6) is 0 Å². The van der Waals surface area contributed by atoms with Gasteiger partial charge in [0.15, 0.2) is 0 Å². The van der Waals surface area contributed by atoms with Gasteiger partial charge < -0.3 is 5.32 Å². The molecule has 1 nitrogen and oxygen atoms in total. The van der Waals surface area contributed by atoms with E-state index in [0.29, 0.717) is 11.3 Å². The Bertz CT molecular complexity index is 1970. The van der Waals surface area contributed by atoms with Crippen LogP contribution in [0.1, 0.15) is 20.6 Å². The van der Waals surface area contributed by atoms with Gasteiger partial charge >= 0.3 is 0 Å². The molecular formula is C28H21N. The summed E-state index contributed by atoms with van der Waals surface area (Å²) in [5.74, 6) is 0. The lowest BCUT2D eigenvalue weighted by Crippen LogP contribution is -1.90. The van der Waals surface area contributed by atoms with Crippen molar-refractivity contribution in [2.24, 2.45) is 0 Å². The lowest BCUT2D eigenvalue weighted by Gasteiger charge is -2.10. The Hall–Kier alpha value is -3.84. The minimum absolute atomic E-state index is 0.0212. The average Bonchev–Trinajstić information content (AvgIpc) is 3.00. The van der Waals surface area contributed by atoms with Crippen molar-refractivity contribution in [1.29, 1.82) is 0 Å². The van der Waals surface area contributed by atoms with Crippen molar-refractivity contribution in [3.63, 3.8) is 0 Å². The zero-order valence-corrected chi connectivity index (χ0v) is 14.9. The Morgan fingerprint density at radius 1 is 0.483 bits per heavy atom. The number of hydrogen-bond donors (Lipinski definition) is 1. The van der Waals surface area contributed by atoms with Gasteiger partial charge in [-0.1, -0.05) is 96.8 Å². The second kappa shape index (κ2) is 7.65. The molecule has 0 fully saturated rings. The molecule has 0 radical (unpaired) electrons. The lowest BCUT2D eigenvalue weighted by atomic mass is 9.98. The lowest BCUT2D eigenvalue weighted by molar-refractivity contribution is 1.54. The summed E-state index contributed by atoms with van der Waals surface area (Å²) >= 11 is 0. The summed E-state index contributed by atoms with van der Waals surface area (Å²) in [6, 6.07) is -0.413. The highest BCUT2D eigenvalue weighted by atomic mass is 14.9. The zero-order chi connectivity index (χ0) is 32.5. The van der Waals surface area contributed by atoms with Crippen LogP contribution in [0, 0.1) is 0 Å². The van der Waals surface area contributed by atoms with E-state index in [9.17, 15) is 0 Å². The second-order valence-corrected chi connectivity index (χ2v) is 6.03. The summed E-state index contributed by atoms with van der Waals surface area (Å²) in [7, 11) is 0. The Kier molecular flexibility index (Phi) is 1.99. The van der Waals surface area contributed by atoms with Crippen LogP contribution < -0.4 is 5.32 Å². The molecule has 0 heterocycles. The fraction of sp³-hybridized carbons (Fsp3) is 0. The molecule has 1 heteroatoms. The van der Waals surface area contributed by atoms with E-state index in [1.807, 2.05) is 0 Å². The predicted octanol–water partition coefficient (Wildman–Crippen LogP) is 7.92. The number of hydrogen-bond acceptors (Lipinski definition) is 1. The number of benzene rings is 5. The van der Waals surface area contributed by atoms with E-state index in [0.717, 1.165) is 0 Å². The molecule has 5 rings (SSSR count). The van der Waals surface area contributed by atoms with Crippen LogP contribution >= 0.6 is 0 Å². The highest BCUT2D eigenvalue weighted by molar-refractivity contribution is 5.96. The third-order valence-corrected chi connectivity index (χ3v) is 4.21. The molecule has 0 spiro atoms. The molecule has 0 aliphatic carbocycles. The van der Waals surface area contributed by atoms with Crippen LogP contribution in [0.4, 0.5) is 11.4 Å². The van der Waals surface area contributed by atoms with E-state index < -0.39 is 77.6 Å². The van der Waals surface area contributed by atoms with Crippen molar-refractivity contribution in [2.75, 3.05) is 5.32 Å². The Morgan fingerprint density at radius 3 is 1.97 bits per heavy atom. The summed E-state index contributed by atoms with van der Waals surface area (Å²) < 4.78 is 123. The van der Waals surface area contributed by atoms with Crippen molar-refractivity contribution < 1.29 is 20.6 Å². The summed E-state index contributed by atoms with van der Waals surface area (Å²) in [5.41, 5.74) is -0.231. The van der Waals surface area contributed by atoms with Gasteiger partial charge in [-0.2, -0.15) is 0 Å². The van der Waals surface area contributed by atoms with Crippen LogP contribution in [0.2, 0.25) is 0 Å². The van der Waals surface area contributed by atoms with Crippen molar-refractivity contribution in [1.82, 2.24) is 0 Å². The number of fused-ring (bicyclic) bond motifs is 1. The number of anilines is 2. The number of rotatable bonds is 4. The van der Waals surface area contributed by atoms with E-state index in [1.165, 1.54) is 30.3 Å². The van der Waals surface area contributed by atoms with E-state index >= 15 is 0 Å². The van der Waals surface area contributed by atoms with Crippen LogP contribution in [0.3, 0.4) is 0 Å². The van der Waals surface area contributed by atoms with E-state index in [2.05, 4.69) is 5.32 Å². The quantitative estimate of drug-likeness (QED) is 0.331. The minimum Gasteiger partial charge on any atom is -0.356 e. The van der Waals surface area contributed by atoms with E-state index in [1.54, 1.807) is 0 Å². The monoisotopic (exact) mass is 386 g/mol. The first-order valence-corrected chi connectivity index (χ1v) is 8.65. The predicted molar refractivity (Wildman–Crippen MR) is 125 cm³/mol. The van der Waals surface area contributed by atoms with Crippen molar-refractivity contribution >= 4 is 22.1 Å². The first-order valence-electron chi connectivity index (χ1n) is 16.1. The summed E-state index contributed by atoms with van der Waals surface area (Å²) in [4.78, 5) is 0. The molecule has 0 saturated carbocycles. The zero-order valence-electron chi connectivity index (χ0n) is 29.9. The van der Waals surface area contributed by atoms with Gasteiger partial charge in [-0.25, -0.2) is 0 Å². The van der Waals surface area contributed by atoms with Crippen LogP contribution in [-0.4, -0.2) is 0 Å². The molecule has 0 bridgehead atoms. The molecule has 5 aromatic carbocycles. The Morgan fingerprint density at radius 2 is 1.17 bits per heavy atom. The van der Waals surface area contributed by atoms with Gasteiger partial charge in [0.2, 0.25) is 0 Å². The van der Waals surface area contributed by atoms with Crippen molar-refractivity contribution in [3.05, 3.63) is 121 Å². The summed E-state index contributed by atoms with van der Waals surface area (Å²) in [6.45, 7) is 0. The van der Waals surface area contributed by atoms with E-state index in [-0.39, 0.29) is 46.2 Å². The maximum Gasteiger partial charge on any atom is 0.0645 e. The maximum atomic E-state index is 8.54. The minimum atomic E-state index is -0.670. The molecular weight excluding hydrogens is 350 g/mol. The SMILES string of the molecule is [2H]c1cc2c(-c3ccc(Nc4c([2H])c([2H])c(-c5c([2H])c([2H])c([2H])c([2H])c5[2H])c([2H])c4[2H])cc3)c([2H])c([2H])c([2H])c2c([2H])c1[2H]. The highest BCUT2D eigenvalue weighted by Gasteiger charge is 2.04. The molecule has 0 unspecified atom stereocenters. The summed E-state index contributed by atoms with van der Waals surface area (Å²) in [5, 5.41) is 3.01.